The maximum Gasteiger partial charge on any atom is 0.235 e. The van der Waals surface area contributed by atoms with Crippen LogP contribution in [-0.4, -0.2) is 29.9 Å². The van der Waals surface area contributed by atoms with Crippen molar-refractivity contribution in [3.63, 3.8) is 0 Å². The second-order valence-corrected chi connectivity index (χ2v) is 3.30. The molecule has 0 aromatic carbocycles. The fourth-order valence-corrected chi connectivity index (χ4v) is 1.13. The molecule has 1 amide bonds. The Morgan fingerprint density at radius 2 is 2.40 bits per heavy atom. The number of ether oxygens (including phenoxy) is 1. The number of amides is 1. The van der Waals surface area contributed by atoms with Crippen LogP contribution in [0.4, 0.5) is 0 Å². The van der Waals surface area contributed by atoms with E-state index in [1.165, 1.54) is 0 Å². The van der Waals surface area contributed by atoms with E-state index in [9.17, 15) is 4.79 Å². The predicted molar refractivity (Wildman–Crippen MR) is 58.5 cm³/mol. The van der Waals surface area contributed by atoms with E-state index in [2.05, 4.69) is 10.3 Å². The zero-order valence-corrected chi connectivity index (χ0v) is 9.38. The quantitative estimate of drug-likeness (QED) is 0.635. The molecule has 0 bridgehead atoms. The zero-order chi connectivity index (χ0) is 11.1. The van der Waals surface area contributed by atoms with Crippen LogP contribution in [0.5, 0.6) is 5.88 Å². The number of nitrogens with zero attached hydrogens (tertiary/aromatic N) is 1. The molecule has 0 atom stereocenters. The largest absolute Gasteiger partial charge is 0.475 e. The highest BCUT2D eigenvalue weighted by Gasteiger charge is 2.01. The molecule has 82 valence electrons. The van der Waals surface area contributed by atoms with Crippen LogP contribution in [0.3, 0.4) is 0 Å². The fraction of sp³-hybridized carbons (Fsp3) is 0.333. The SMILES string of the molecule is O=C(CCl)NCCOc1ncccc1Cl. The summed E-state index contributed by atoms with van der Waals surface area (Å²) < 4.78 is 5.23. The van der Waals surface area contributed by atoms with Crippen LogP contribution in [0, 0.1) is 0 Å². The van der Waals surface area contributed by atoms with Crippen LogP contribution in [-0.2, 0) is 4.79 Å². The number of hydrogen-bond acceptors (Lipinski definition) is 3. The Labute approximate surface area is 97.5 Å². The first-order valence-corrected chi connectivity index (χ1v) is 5.21. The molecule has 15 heavy (non-hydrogen) atoms. The smallest absolute Gasteiger partial charge is 0.235 e. The van der Waals surface area contributed by atoms with E-state index in [4.69, 9.17) is 27.9 Å². The van der Waals surface area contributed by atoms with Gasteiger partial charge in [-0.2, -0.15) is 0 Å². The van der Waals surface area contributed by atoms with E-state index in [0.29, 0.717) is 24.1 Å². The normalized spacial score (nSPS) is 9.73. The molecule has 4 nitrogen and oxygen atoms in total. The lowest BCUT2D eigenvalue weighted by Gasteiger charge is -2.06. The van der Waals surface area contributed by atoms with Crippen molar-refractivity contribution < 1.29 is 9.53 Å². The number of carbonyl (C=O) groups excluding carboxylic acids is 1. The minimum Gasteiger partial charge on any atom is -0.475 e. The fourth-order valence-electron chi connectivity index (χ4n) is 0.863. The molecule has 0 saturated heterocycles. The average molecular weight is 249 g/mol. The molecule has 0 radical (unpaired) electrons. The highest BCUT2D eigenvalue weighted by Crippen LogP contribution is 2.19. The molecule has 0 aliphatic rings. The van der Waals surface area contributed by atoms with Gasteiger partial charge in [0.1, 0.15) is 17.5 Å². The summed E-state index contributed by atoms with van der Waals surface area (Å²) in [6.45, 7) is 0.678. The molecule has 1 N–H and O–H groups in total. The number of nitrogens with one attached hydrogen (secondary N) is 1. The highest BCUT2D eigenvalue weighted by atomic mass is 35.5. The second kappa shape index (κ2) is 6.48. The Balaban J connectivity index is 2.26. The van der Waals surface area contributed by atoms with Crippen molar-refractivity contribution in [1.29, 1.82) is 0 Å². The van der Waals surface area contributed by atoms with Crippen molar-refractivity contribution in [3.8, 4) is 5.88 Å². The van der Waals surface area contributed by atoms with Crippen LogP contribution < -0.4 is 10.1 Å². The molecule has 0 unspecified atom stereocenters. The van der Waals surface area contributed by atoms with Crippen molar-refractivity contribution in [2.45, 2.75) is 0 Å². The number of pyridine rings is 1. The minimum atomic E-state index is -0.229. The summed E-state index contributed by atoms with van der Waals surface area (Å²) in [4.78, 5) is 14.7. The summed E-state index contributed by atoms with van der Waals surface area (Å²) in [7, 11) is 0. The number of rotatable bonds is 5. The first-order valence-electron chi connectivity index (χ1n) is 4.30. The third-order valence-corrected chi connectivity index (χ3v) is 2.04. The van der Waals surface area contributed by atoms with Gasteiger partial charge < -0.3 is 10.1 Å². The topological polar surface area (TPSA) is 51.2 Å². The number of aromatic nitrogens is 1. The van der Waals surface area contributed by atoms with E-state index >= 15 is 0 Å². The van der Waals surface area contributed by atoms with Crippen LogP contribution in [0.15, 0.2) is 18.3 Å². The molecule has 0 fully saturated rings. The molecule has 1 aromatic rings. The number of halogens is 2. The molecule has 1 heterocycles. The third kappa shape index (κ3) is 4.36. The van der Waals surface area contributed by atoms with Gasteiger partial charge in [-0.1, -0.05) is 11.6 Å². The Kier molecular flexibility index (Phi) is 5.21. The molecule has 0 aliphatic heterocycles. The van der Waals surface area contributed by atoms with Gasteiger partial charge in [-0.05, 0) is 12.1 Å². The van der Waals surface area contributed by atoms with E-state index in [0.717, 1.165) is 0 Å². The van der Waals surface area contributed by atoms with Crippen molar-refractivity contribution in [1.82, 2.24) is 10.3 Å². The number of carbonyl (C=O) groups is 1. The predicted octanol–water partition coefficient (Wildman–Crippen LogP) is 1.47. The van der Waals surface area contributed by atoms with Gasteiger partial charge in [0.15, 0.2) is 0 Å². The molecule has 1 rings (SSSR count). The van der Waals surface area contributed by atoms with Crippen molar-refractivity contribution in [2.24, 2.45) is 0 Å². The van der Waals surface area contributed by atoms with Gasteiger partial charge in [0.2, 0.25) is 11.8 Å². The van der Waals surface area contributed by atoms with E-state index in [1.54, 1.807) is 18.3 Å². The Morgan fingerprint density at radius 1 is 1.60 bits per heavy atom. The summed E-state index contributed by atoms with van der Waals surface area (Å²) >= 11 is 11.1. The van der Waals surface area contributed by atoms with Gasteiger partial charge in [-0.15, -0.1) is 11.6 Å². The summed E-state index contributed by atoms with van der Waals surface area (Å²) in [5, 5.41) is 3.00. The van der Waals surface area contributed by atoms with Gasteiger partial charge in [0.05, 0.1) is 6.54 Å². The number of alkyl halides is 1. The zero-order valence-electron chi connectivity index (χ0n) is 7.87. The molecule has 6 heteroatoms. The molecular weight excluding hydrogens is 239 g/mol. The lowest BCUT2D eigenvalue weighted by atomic mass is 10.5. The Bertz CT molecular complexity index is 334. The average Bonchev–Trinajstić information content (AvgIpc) is 2.26. The summed E-state index contributed by atoms with van der Waals surface area (Å²) in [5.41, 5.74) is 0. The van der Waals surface area contributed by atoms with Crippen molar-refractivity contribution in [3.05, 3.63) is 23.4 Å². The van der Waals surface area contributed by atoms with Gasteiger partial charge >= 0.3 is 0 Å². The van der Waals surface area contributed by atoms with E-state index in [-0.39, 0.29) is 11.8 Å². The summed E-state index contributed by atoms with van der Waals surface area (Å²) in [6, 6.07) is 3.39. The second-order valence-electron chi connectivity index (χ2n) is 2.62. The third-order valence-electron chi connectivity index (χ3n) is 1.51. The first-order chi connectivity index (χ1) is 7.24. The molecule has 0 saturated carbocycles. The van der Waals surface area contributed by atoms with Gasteiger partial charge in [-0.3, -0.25) is 4.79 Å². The Morgan fingerprint density at radius 3 is 3.07 bits per heavy atom. The van der Waals surface area contributed by atoms with Gasteiger partial charge in [-0.25, -0.2) is 4.98 Å². The summed E-state index contributed by atoms with van der Waals surface area (Å²) in [5.74, 6) is 0.0799. The number of hydrogen-bond donors (Lipinski definition) is 1. The molecule has 0 aliphatic carbocycles. The molecular formula is C9H10Cl2N2O2. The van der Waals surface area contributed by atoms with E-state index < -0.39 is 0 Å². The summed E-state index contributed by atoms with van der Waals surface area (Å²) in [6.07, 6.45) is 1.58. The monoisotopic (exact) mass is 248 g/mol. The minimum absolute atomic E-state index is 0.0512. The lowest BCUT2D eigenvalue weighted by molar-refractivity contribution is -0.118. The van der Waals surface area contributed by atoms with Gasteiger partial charge in [0.25, 0.3) is 0 Å². The van der Waals surface area contributed by atoms with Crippen LogP contribution in [0.1, 0.15) is 0 Å². The molecule has 0 spiro atoms. The lowest BCUT2D eigenvalue weighted by Crippen LogP contribution is -2.28. The van der Waals surface area contributed by atoms with Crippen LogP contribution in [0.25, 0.3) is 0 Å². The van der Waals surface area contributed by atoms with Crippen LogP contribution in [0.2, 0.25) is 5.02 Å². The first kappa shape index (κ1) is 12.1. The van der Waals surface area contributed by atoms with Gasteiger partial charge in [0, 0.05) is 6.20 Å². The maximum atomic E-state index is 10.7. The van der Waals surface area contributed by atoms with Crippen molar-refractivity contribution in [2.75, 3.05) is 19.0 Å². The highest BCUT2D eigenvalue weighted by molar-refractivity contribution is 6.31. The Hall–Kier alpha value is -1.00. The molecule has 1 aromatic heterocycles. The van der Waals surface area contributed by atoms with Crippen molar-refractivity contribution >= 4 is 29.1 Å². The maximum absolute atomic E-state index is 10.7. The van der Waals surface area contributed by atoms with Crippen LogP contribution >= 0.6 is 23.2 Å². The van der Waals surface area contributed by atoms with E-state index in [1.807, 2.05) is 0 Å². The standard InChI is InChI=1S/C9H10Cl2N2O2/c10-6-8(14)12-4-5-15-9-7(11)2-1-3-13-9/h1-3H,4-6H2,(H,12,14).